The van der Waals surface area contributed by atoms with Crippen LogP contribution in [0.5, 0.6) is 5.75 Å². The van der Waals surface area contributed by atoms with E-state index in [2.05, 4.69) is 33.1 Å². The fraction of sp³-hybridized carbons (Fsp3) is 0.130. The quantitative estimate of drug-likeness (QED) is 0.255. The van der Waals surface area contributed by atoms with Gasteiger partial charge >= 0.3 is 0 Å². The molecule has 0 radical (unpaired) electrons. The molecule has 3 aromatic rings. The van der Waals surface area contributed by atoms with Gasteiger partial charge in [-0.25, -0.2) is 13.8 Å². The Balaban J connectivity index is 1.90. The van der Waals surface area contributed by atoms with Gasteiger partial charge in [-0.15, -0.1) is 0 Å². The topological polar surface area (TPSA) is 88.1 Å². The highest BCUT2D eigenvalue weighted by atomic mass is 127. The van der Waals surface area contributed by atoms with Crippen LogP contribution in [-0.4, -0.2) is 33.7 Å². The number of para-hydroxylation sites is 2. The summed E-state index contributed by atoms with van der Waals surface area (Å²) in [5.74, 6) is -0.251. The lowest BCUT2D eigenvalue weighted by Gasteiger charge is -2.25. The van der Waals surface area contributed by atoms with E-state index in [0.717, 1.165) is 13.4 Å². The van der Waals surface area contributed by atoms with E-state index in [4.69, 9.17) is 4.74 Å². The number of halogens is 1. The first-order chi connectivity index (χ1) is 15.3. The van der Waals surface area contributed by atoms with Crippen LogP contribution in [0, 0.1) is 3.57 Å². The van der Waals surface area contributed by atoms with E-state index in [1.54, 1.807) is 49.4 Å². The van der Waals surface area contributed by atoms with Gasteiger partial charge in [0.1, 0.15) is 12.3 Å². The summed E-state index contributed by atoms with van der Waals surface area (Å²) < 4.78 is 34.2. The van der Waals surface area contributed by atoms with Crippen molar-refractivity contribution in [3.8, 4) is 5.75 Å². The van der Waals surface area contributed by atoms with Crippen molar-refractivity contribution in [3.63, 3.8) is 0 Å². The van der Waals surface area contributed by atoms with Crippen molar-refractivity contribution in [2.75, 3.05) is 18.0 Å². The van der Waals surface area contributed by atoms with Crippen LogP contribution in [0.4, 0.5) is 5.69 Å². The van der Waals surface area contributed by atoms with Crippen LogP contribution >= 0.6 is 22.6 Å². The first-order valence-electron chi connectivity index (χ1n) is 9.63. The summed E-state index contributed by atoms with van der Waals surface area (Å²) in [5, 5.41) is 4.13. The molecule has 0 atom stereocenters. The van der Waals surface area contributed by atoms with E-state index in [-0.39, 0.29) is 10.6 Å². The normalized spacial score (nSPS) is 11.7. The van der Waals surface area contributed by atoms with Gasteiger partial charge in [0.2, 0.25) is 0 Å². The number of carbonyl (C=O) groups excluding carboxylic acids is 1. The first kappa shape index (κ1) is 23.7. The predicted octanol–water partition coefficient (Wildman–Crippen LogP) is 4.04. The first-order valence-corrected chi connectivity index (χ1v) is 12.1. The Labute approximate surface area is 201 Å². The maximum Gasteiger partial charge on any atom is 0.264 e. The molecule has 0 aliphatic carbocycles. The minimum atomic E-state index is -4.03. The van der Waals surface area contributed by atoms with Crippen molar-refractivity contribution in [1.82, 2.24) is 5.43 Å². The summed E-state index contributed by atoms with van der Waals surface area (Å²) >= 11 is 2.21. The molecule has 1 N–H and O–H groups in total. The third-order valence-corrected chi connectivity index (χ3v) is 7.08. The summed E-state index contributed by atoms with van der Waals surface area (Å²) in [4.78, 5) is 12.8. The molecule has 0 bridgehead atoms. The maximum atomic E-state index is 13.4. The highest BCUT2D eigenvalue weighted by Crippen LogP contribution is 2.32. The molecule has 0 aliphatic rings. The van der Waals surface area contributed by atoms with Crippen LogP contribution in [0.2, 0.25) is 0 Å². The highest BCUT2D eigenvalue weighted by Gasteiger charge is 2.29. The zero-order chi connectivity index (χ0) is 23.1. The van der Waals surface area contributed by atoms with Gasteiger partial charge in [0, 0.05) is 3.57 Å². The number of nitrogens with zero attached hydrogens (tertiary/aromatic N) is 2. The van der Waals surface area contributed by atoms with Crippen LogP contribution < -0.4 is 14.5 Å². The largest absolute Gasteiger partial charge is 0.495 e. The molecule has 32 heavy (non-hydrogen) atoms. The second kappa shape index (κ2) is 10.6. The number of methoxy groups -OCH3 is 1. The minimum absolute atomic E-state index is 0.0669. The summed E-state index contributed by atoms with van der Waals surface area (Å²) in [6.07, 6.45) is 0. The maximum absolute atomic E-state index is 13.4. The Hall–Kier alpha value is -2.92. The molecule has 0 saturated heterocycles. The lowest BCUT2D eigenvalue weighted by atomic mass is 10.1. The molecular weight excluding hydrogens is 541 g/mol. The van der Waals surface area contributed by atoms with Crippen molar-refractivity contribution >= 4 is 49.9 Å². The number of hydrogen-bond donors (Lipinski definition) is 1. The lowest BCUT2D eigenvalue weighted by Crippen LogP contribution is -2.40. The van der Waals surface area contributed by atoms with E-state index in [0.29, 0.717) is 11.5 Å². The molecule has 0 saturated carbocycles. The Morgan fingerprint density at radius 2 is 1.62 bits per heavy atom. The van der Waals surface area contributed by atoms with Crippen LogP contribution in [0.1, 0.15) is 12.5 Å². The predicted molar refractivity (Wildman–Crippen MR) is 133 cm³/mol. The number of hydrogen-bond acceptors (Lipinski definition) is 5. The van der Waals surface area contributed by atoms with Gasteiger partial charge in [0.15, 0.2) is 0 Å². The molecule has 3 aromatic carbocycles. The Bertz CT molecular complexity index is 1210. The van der Waals surface area contributed by atoms with Crippen LogP contribution in [-0.2, 0) is 14.8 Å². The van der Waals surface area contributed by atoms with Crippen molar-refractivity contribution in [2.45, 2.75) is 11.8 Å². The molecule has 0 spiro atoms. The SMILES string of the molecule is COc1ccccc1N(CC(=O)N/N=C(/C)c1ccc(I)cc1)S(=O)(=O)c1ccccc1. The average Bonchev–Trinajstić information content (AvgIpc) is 2.82. The molecule has 9 heteroatoms. The standard InChI is InChI=1S/C23H22IN3O4S/c1-17(18-12-14-19(24)15-13-18)25-26-23(28)16-27(21-10-6-7-11-22(21)31-2)32(29,30)20-8-4-3-5-9-20/h3-15H,16H2,1-2H3,(H,26,28)/b25-17-. The highest BCUT2D eigenvalue weighted by molar-refractivity contribution is 14.1. The summed E-state index contributed by atoms with van der Waals surface area (Å²) in [6, 6.07) is 22.2. The van der Waals surface area contributed by atoms with Gasteiger partial charge in [-0.1, -0.05) is 42.5 Å². The van der Waals surface area contributed by atoms with Crippen LogP contribution in [0.25, 0.3) is 0 Å². The number of amides is 1. The molecule has 0 aromatic heterocycles. The average molecular weight is 563 g/mol. The number of sulfonamides is 1. The van der Waals surface area contributed by atoms with Crippen LogP contribution in [0.15, 0.2) is 88.9 Å². The van der Waals surface area contributed by atoms with E-state index in [1.165, 1.54) is 19.2 Å². The summed E-state index contributed by atoms with van der Waals surface area (Å²) in [7, 11) is -2.59. The van der Waals surface area contributed by atoms with Crippen LogP contribution in [0.3, 0.4) is 0 Å². The Morgan fingerprint density at radius 3 is 2.28 bits per heavy atom. The summed E-state index contributed by atoms with van der Waals surface area (Å²) in [6.45, 7) is 1.29. The fourth-order valence-corrected chi connectivity index (χ4v) is 4.73. The molecule has 0 unspecified atom stereocenters. The van der Waals surface area contributed by atoms with Gasteiger partial charge in [0.05, 0.1) is 23.4 Å². The number of benzene rings is 3. The van der Waals surface area contributed by atoms with E-state index in [1.807, 2.05) is 24.3 Å². The van der Waals surface area contributed by atoms with Gasteiger partial charge in [-0.3, -0.25) is 9.10 Å². The zero-order valence-electron chi connectivity index (χ0n) is 17.5. The van der Waals surface area contributed by atoms with Gasteiger partial charge in [-0.2, -0.15) is 5.10 Å². The number of ether oxygens (including phenoxy) is 1. The lowest BCUT2D eigenvalue weighted by molar-refractivity contribution is -0.119. The molecule has 1 amide bonds. The van der Waals surface area contributed by atoms with E-state index >= 15 is 0 Å². The molecule has 0 aliphatic heterocycles. The molecular formula is C23H22IN3O4S. The van der Waals surface area contributed by atoms with E-state index < -0.39 is 22.5 Å². The third kappa shape index (κ3) is 5.65. The second-order valence-electron chi connectivity index (χ2n) is 6.74. The third-order valence-electron chi connectivity index (χ3n) is 4.58. The molecule has 0 fully saturated rings. The minimum Gasteiger partial charge on any atom is -0.495 e. The molecule has 166 valence electrons. The number of carbonyl (C=O) groups is 1. The number of anilines is 1. The summed E-state index contributed by atoms with van der Waals surface area (Å²) in [5.41, 5.74) is 4.17. The van der Waals surface area contributed by atoms with Gasteiger partial charge < -0.3 is 4.74 Å². The smallest absolute Gasteiger partial charge is 0.264 e. The van der Waals surface area contributed by atoms with Gasteiger partial charge in [0.25, 0.3) is 15.9 Å². The number of rotatable bonds is 8. The fourth-order valence-electron chi connectivity index (χ4n) is 2.92. The van der Waals surface area contributed by atoms with E-state index in [9.17, 15) is 13.2 Å². The van der Waals surface area contributed by atoms with Crippen molar-refractivity contribution in [2.24, 2.45) is 5.10 Å². The number of nitrogens with one attached hydrogen (secondary N) is 1. The van der Waals surface area contributed by atoms with Gasteiger partial charge in [-0.05, 0) is 71.5 Å². The van der Waals surface area contributed by atoms with Crippen molar-refractivity contribution in [1.29, 1.82) is 0 Å². The number of hydrazone groups is 1. The zero-order valence-corrected chi connectivity index (χ0v) is 20.5. The second-order valence-corrected chi connectivity index (χ2v) is 9.84. The van der Waals surface area contributed by atoms with Crippen molar-refractivity contribution in [3.05, 3.63) is 88.0 Å². The Morgan fingerprint density at radius 1 is 1.00 bits per heavy atom. The Kier molecular flexibility index (Phi) is 7.86. The monoisotopic (exact) mass is 563 g/mol. The van der Waals surface area contributed by atoms with Crippen molar-refractivity contribution < 1.29 is 17.9 Å². The molecule has 7 nitrogen and oxygen atoms in total. The molecule has 0 heterocycles. The molecule has 3 rings (SSSR count).